The normalized spacial score (nSPS) is 41.8. The fraction of sp³-hybridized carbons (Fsp3) is 0.571. The molecular formula is C21H24O2. The van der Waals surface area contributed by atoms with Crippen molar-refractivity contribution < 1.29 is 9.90 Å². The predicted molar refractivity (Wildman–Crippen MR) is 90.4 cm³/mol. The molecule has 2 nitrogen and oxygen atoms in total. The quantitative estimate of drug-likeness (QED) is 0.750. The van der Waals surface area contributed by atoms with Crippen molar-refractivity contribution in [2.45, 2.75) is 57.5 Å². The van der Waals surface area contributed by atoms with E-state index < -0.39 is 5.60 Å². The maximum atomic E-state index is 11.6. The highest BCUT2D eigenvalue weighted by molar-refractivity contribution is 6.02. The number of ketones is 1. The minimum atomic E-state index is -0.933. The first-order valence-electron chi connectivity index (χ1n) is 8.91. The van der Waals surface area contributed by atoms with E-state index in [0.29, 0.717) is 11.8 Å². The summed E-state index contributed by atoms with van der Waals surface area (Å²) in [6.45, 7) is 2.19. The van der Waals surface area contributed by atoms with Gasteiger partial charge in [-0.1, -0.05) is 24.5 Å². The smallest absolute Gasteiger partial charge is 0.178 e. The molecule has 4 rings (SSSR count). The number of allylic oxidation sites excluding steroid dienone is 6. The van der Waals surface area contributed by atoms with Gasteiger partial charge in [-0.3, -0.25) is 4.79 Å². The number of terminal acetylenes is 1. The molecule has 0 aromatic rings. The number of aliphatic hydroxyl groups is 1. The van der Waals surface area contributed by atoms with Crippen LogP contribution in [0.2, 0.25) is 0 Å². The van der Waals surface area contributed by atoms with Gasteiger partial charge in [0.2, 0.25) is 0 Å². The molecule has 120 valence electrons. The summed E-state index contributed by atoms with van der Waals surface area (Å²) in [6, 6.07) is 0. The number of hydrogen-bond donors (Lipinski definition) is 1. The molecular weight excluding hydrogens is 284 g/mol. The molecule has 0 unspecified atom stereocenters. The summed E-state index contributed by atoms with van der Waals surface area (Å²) in [5, 5.41) is 11.1. The molecule has 0 aromatic heterocycles. The van der Waals surface area contributed by atoms with Crippen molar-refractivity contribution in [2.24, 2.45) is 17.3 Å². The van der Waals surface area contributed by atoms with Crippen LogP contribution in [0.15, 0.2) is 34.9 Å². The maximum Gasteiger partial charge on any atom is 0.178 e. The van der Waals surface area contributed by atoms with Crippen molar-refractivity contribution >= 4 is 5.78 Å². The van der Waals surface area contributed by atoms with Crippen molar-refractivity contribution in [3.8, 4) is 12.3 Å². The molecule has 0 aromatic carbocycles. The predicted octanol–water partition coefficient (Wildman–Crippen LogP) is 3.72. The molecule has 0 saturated heterocycles. The Balaban J connectivity index is 1.78. The number of hydrogen-bond acceptors (Lipinski definition) is 2. The van der Waals surface area contributed by atoms with Gasteiger partial charge in [0.25, 0.3) is 0 Å². The van der Waals surface area contributed by atoms with Crippen molar-refractivity contribution in [1.29, 1.82) is 0 Å². The van der Waals surface area contributed by atoms with Gasteiger partial charge in [-0.05, 0) is 80.1 Å². The lowest BCUT2D eigenvalue weighted by Gasteiger charge is -2.51. The van der Waals surface area contributed by atoms with E-state index in [-0.39, 0.29) is 11.2 Å². The van der Waals surface area contributed by atoms with Crippen LogP contribution in [0.1, 0.15) is 51.9 Å². The van der Waals surface area contributed by atoms with Crippen LogP contribution in [-0.4, -0.2) is 16.5 Å². The molecule has 0 aliphatic heterocycles. The largest absolute Gasteiger partial charge is 0.377 e. The highest BCUT2D eigenvalue weighted by Crippen LogP contribution is 2.64. The van der Waals surface area contributed by atoms with E-state index in [1.165, 1.54) is 16.7 Å². The highest BCUT2D eigenvalue weighted by Gasteiger charge is 2.61. The van der Waals surface area contributed by atoms with Gasteiger partial charge in [-0.15, -0.1) is 6.42 Å². The molecule has 4 aliphatic rings. The third kappa shape index (κ3) is 1.83. The van der Waals surface area contributed by atoms with E-state index in [9.17, 15) is 9.90 Å². The zero-order valence-corrected chi connectivity index (χ0v) is 13.8. The van der Waals surface area contributed by atoms with Crippen molar-refractivity contribution in [3.05, 3.63) is 34.9 Å². The van der Waals surface area contributed by atoms with Crippen LogP contribution < -0.4 is 0 Å². The van der Waals surface area contributed by atoms with Gasteiger partial charge in [-0.25, -0.2) is 0 Å². The van der Waals surface area contributed by atoms with Gasteiger partial charge in [0.1, 0.15) is 5.60 Å². The third-order valence-corrected chi connectivity index (χ3v) is 7.14. The zero-order chi connectivity index (χ0) is 16.2. The Labute approximate surface area is 138 Å². The molecule has 0 heterocycles. The van der Waals surface area contributed by atoms with Gasteiger partial charge >= 0.3 is 0 Å². The highest BCUT2D eigenvalue weighted by atomic mass is 16.3. The van der Waals surface area contributed by atoms with Gasteiger partial charge in [0.05, 0.1) is 0 Å². The molecule has 0 bridgehead atoms. The summed E-state index contributed by atoms with van der Waals surface area (Å²) in [6.07, 6.45) is 18.1. The summed E-state index contributed by atoms with van der Waals surface area (Å²) in [7, 11) is 0. The monoisotopic (exact) mass is 308 g/mol. The summed E-state index contributed by atoms with van der Waals surface area (Å²) < 4.78 is 0. The minimum absolute atomic E-state index is 0.115. The average Bonchev–Trinajstić information content (AvgIpc) is 2.88. The third-order valence-electron chi connectivity index (χ3n) is 7.14. The van der Waals surface area contributed by atoms with E-state index in [4.69, 9.17) is 6.42 Å². The van der Waals surface area contributed by atoms with Gasteiger partial charge in [0.15, 0.2) is 5.78 Å². The Bertz CT molecular complexity index is 702. The zero-order valence-electron chi connectivity index (χ0n) is 13.8. The molecule has 2 heteroatoms. The second-order valence-electron chi connectivity index (χ2n) is 7.65. The standard InChI is InChI=1S/C21H24O2/c1-3-20-11-9-17-16-8-6-15(22)13-14(16)5-7-18(17)19(20)10-12-21(20,23)4-2/h2,6,8,13,18-19,23H,3,5,7,9-12H2,1H3/t18-,19+,20+,21+/m1/s1. The molecule has 4 aliphatic carbocycles. The molecule has 1 N–H and O–H groups in total. The molecule has 0 radical (unpaired) electrons. The van der Waals surface area contributed by atoms with Crippen molar-refractivity contribution in [2.75, 3.05) is 0 Å². The number of fused-ring (bicyclic) bond motifs is 4. The lowest BCUT2D eigenvalue weighted by atomic mass is 9.53. The minimum Gasteiger partial charge on any atom is -0.377 e. The Morgan fingerprint density at radius 3 is 2.87 bits per heavy atom. The summed E-state index contributed by atoms with van der Waals surface area (Å²) in [4.78, 5) is 11.6. The first-order valence-corrected chi connectivity index (χ1v) is 8.91. The first kappa shape index (κ1) is 15.0. The van der Waals surface area contributed by atoms with Crippen LogP contribution in [-0.2, 0) is 4.79 Å². The number of rotatable bonds is 1. The van der Waals surface area contributed by atoms with Crippen LogP contribution >= 0.6 is 0 Å². The van der Waals surface area contributed by atoms with Crippen LogP contribution in [0, 0.1) is 29.6 Å². The number of carbonyl (C=O) groups is 1. The Kier molecular flexibility index (Phi) is 3.22. The molecule has 2 fully saturated rings. The van der Waals surface area contributed by atoms with E-state index in [1.807, 2.05) is 12.2 Å². The van der Waals surface area contributed by atoms with Crippen molar-refractivity contribution in [3.63, 3.8) is 0 Å². The SMILES string of the molecule is C#C[C@]1(O)CC[C@H]2[C@@H]3CCC4=CC(=O)C=CC4=C3CC[C@@]21CC. The second-order valence-corrected chi connectivity index (χ2v) is 7.65. The Morgan fingerprint density at radius 1 is 1.30 bits per heavy atom. The van der Waals surface area contributed by atoms with E-state index in [2.05, 4.69) is 12.8 Å². The molecule has 0 spiro atoms. The van der Waals surface area contributed by atoms with Crippen LogP contribution in [0.3, 0.4) is 0 Å². The van der Waals surface area contributed by atoms with Crippen LogP contribution in [0.25, 0.3) is 0 Å². The van der Waals surface area contributed by atoms with Gasteiger partial charge in [0, 0.05) is 5.41 Å². The van der Waals surface area contributed by atoms with Crippen molar-refractivity contribution in [1.82, 2.24) is 0 Å². The fourth-order valence-electron chi connectivity index (χ4n) is 6.02. The average molecular weight is 308 g/mol. The van der Waals surface area contributed by atoms with E-state index in [1.54, 1.807) is 6.08 Å². The van der Waals surface area contributed by atoms with Crippen LogP contribution in [0.5, 0.6) is 0 Å². The molecule has 23 heavy (non-hydrogen) atoms. The lowest BCUT2D eigenvalue weighted by molar-refractivity contribution is -0.110. The lowest BCUT2D eigenvalue weighted by Crippen LogP contribution is -2.50. The topological polar surface area (TPSA) is 37.3 Å². The molecule has 0 amide bonds. The van der Waals surface area contributed by atoms with E-state index in [0.717, 1.165) is 44.9 Å². The Morgan fingerprint density at radius 2 is 2.13 bits per heavy atom. The summed E-state index contributed by atoms with van der Waals surface area (Å²) in [5.41, 5.74) is 2.99. The van der Waals surface area contributed by atoms with Gasteiger partial charge in [-0.2, -0.15) is 0 Å². The number of carbonyl (C=O) groups excluding carboxylic acids is 1. The summed E-state index contributed by atoms with van der Waals surface area (Å²) >= 11 is 0. The maximum absolute atomic E-state index is 11.6. The van der Waals surface area contributed by atoms with E-state index >= 15 is 0 Å². The van der Waals surface area contributed by atoms with Gasteiger partial charge < -0.3 is 5.11 Å². The van der Waals surface area contributed by atoms with Crippen LogP contribution in [0.4, 0.5) is 0 Å². The first-order chi connectivity index (χ1) is 11.0. The Hall–Kier alpha value is -1.59. The fourth-order valence-corrected chi connectivity index (χ4v) is 6.02. The molecule has 4 atom stereocenters. The second kappa shape index (κ2) is 4.95. The molecule has 2 saturated carbocycles. The summed E-state index contributed by atoms with van der Waals surface area (Å²) in [5.74, 6) is 3.88.